The molecular formula is C32H50N2O8. The fourth-order valence-electron chi connectivity index (χ4n) is 5.79. The number of aliphatic hydroxyl groups is 1. The minimum atomic E-state index is -0.782. The average Bonchev–Trinajstić information content (AvgIpc) is 3.70. The van der Waals surface area contributed by atoms with Gasteiger partial charge < -0.3 is 34.3 Å². The number of allylic oxidation sites excluding steroid dienone is 2. The lowest BCUT2D eigenvalue weighted by atomic mass is 9.87. The smallest absolute Gasteiger partial charge is 0.303 e. The highest BCUT2D eigenvalue weighted by molar-refractivity contribution is 5.87. The number of aliphatic hydroxyl groups excluding tert-OH is 1. The highest BCUT2D eigenvalue weighted by Gasteiger charge is 2.58. The minimum Gasteiger partial charge on any atom is -0.459 e. The molecule has 0 aliphatic carbocycles. The predicted molar refractivity (Wildman–Crippen MR) is 158 cm³/mol. The van der Waals surface area contributed by atoms with E-state index in [2.05, 4.69) is 18.3 Å². The zero-order valence-electron chi connectivity index (χ0n) is 26.2. The maximum Gasteiger partial charge on any atom is 0.303 e. The first kappa shape index (κ1) is 34.0. The molecule has 1 spiro atoms. The van der Waals surface area contributed by atoms with Crippen molar-refractivity contribution in [3.8, 4) is 0 Å². The standard InChI is InChI=1S/C32H50N2O8/c1-8-34(9-2)30(37)17-25-18-32(19-39-32)31(38)28(42-25)14-11-20(3)10-13-27-21(4)16-26(23(6)41-27)33-29(36)15-12-22(5)40-24(7)35/h10-12,14-15,21-23,25-28,31,38H,8-9,13,16-19H2,1-7H3,(H,33,36). The molecule has 0 aromatic carbocycles. The van der Waals surface area contributed by atoms with Crippen LogP contribution in [-0.2, 0) is 33.3 Å². The molecular weight excluding hydrogens is 540 g/mol. The van der Waals surface area contributed by atoms with Crippen molar-refractivity contribution in [3.05, 3.63) is 36.0 Å². The first-order chi connectivity index (χ1) is 19.9. The van der Waals surface area contributed by atoms with E-state index < -0.39 is 29.9 Å². The number of ether oxygens (including phenoxy) is 4. The van der Waals surface area contributed by atoms with Gasteiger partial charge in [-0.3, -0.25) is 14.4 Å². The molecule has 0 bridgehead atoms. The molecule has 3 fully saturated rings. The van der Waals surface area contributed by atoms with Gasteiger partial charge in [0, 0.05) is 32.5 Å². The van der Waals surface area contributed by atoms with E-state index in [0.717, 1.165) is 12.0 Å². The van der Waals surface area contributed by atoms with Crippen LogP contribution in [0, 0.1) is 5.92 Å². The SMILES string of the molecule is CCN(CC)C(=O)CC1CC2(CO2)C(O)C(C=CC(C)=CCC2OC(C)C(NC(=O)C=CC(C)OC(C)=O)CC2C)O1. The van der Waals surface area contributed by atoms with Gasteiger partial charge in [-0.15, -0.1) is 0 Å². The van der Waals surface area contributed by atoms with E-state index in [1.807, 2.05) is 39.8 Å². The third-order valence-electron chi connectivity index (χ3n) is 8.44. The molecule has 3 aliphatic heterocycles. The van der Waals surface area contributed by atoms with Crippen molar-refractivity contribution in [1.29, 1.82) is 0 Å². The zero-order chi connectivity index (χ0) is 31.0. The van der Waals surface area contributed by atoms with Gasteiger partial charge in [-0.1, -0.05) is 30.7 Å². The van der Waals surface area contributed by atoms with E-state index in [1.165, 1.54) is 13.0 Å². The molecule has 9 atom stereocenters. The van der Waals surface area contributed by atoms with Crippen molar-refractivity contribution in [1.82, 2.24) is 10.2 Å². The van der Waals surface area contributed by atoms with Crippen molar-refractivity contribution < 1.29 is 38.4 Å². The Morgan fingerprint density at radius 2 is 1.83 bits per heavy atom. The van der Waals surface area contributed by atoms with Crippen LogP contribution in [-0.4, -0.2) is 95.8 Å². The molecule has 3 rings (SSSR count). The Balaban J connectivity index is 1.51. The highest BCUT2D eigenvalue weighted by Crippen LogP contribution is 2.43. The summed E-state index contributed by atoms with van der Waals surface area (Å²) in [7, 11) is 0. The fraction of sp³-hybridized carbons (Fsp3) is 0.719. The van der Waals surface area contributed by atoms with Crippen molar-refractivity contribution in [2.75, 3.05) is 19.7 Å². The molecule has 3 aliphatic rings. The second-order valence-electron chi connectivity index (χ2n) is 11.9. The summed E-state index contributed by atoms with van der Waals surface area (Å²) in [6.07, 6.45) is 8.89. The number of carbonyl (C=O) groups is 3. The number of rotatable bonds is 12. The van der Waals surface area contributed by atoms with E-state index in [4.69, 9.17) is 18.9 Å². The quantitative estimate of drug-likeness (QED) is 0.154. The number of hydrogen-bond donors (Lipinski definition) is 2. The lowest BCUT2D eigenvalue weighted by Crippen LogP contribution is -2.51. The van der Waals surface area contributed by atoms with Crippen molar-refractivity contribution in [2.24, 2.45) is 5.92 Å². The van der Waals surface area contributed by atoms with Gasteiger partial charge in [0.2, 0.25) is 11.8 Å². The summed E-state index contributed by atoms with van der Waals surface area (Å²) in [5, 5.41) is 13.9. The molecule has 2 N–H and O–H groups in total. The van der Waals surface area contributed by atoms with Gasteiger partial charge in [-0.05, 0) is 59.5 Å². The van der Waals surface area contributed by atoms with Gasteiger partial charge in [-0.2, -0.15) is 0 Å². The van der Waals surface area contributed by atoms with E-state index in [1.54, 1.807) is 17.9 Å². The largest absolute Gasteiger partial charge is 0.459 e. The number of amides is 2. The second-order valence-corrected chi connectivity index (χ2v) is 11.9. The zero-order valence-corrected chi connectivity index (χ0v) is 26.2. The number of esters is 1. The normalized spacial score (nSPS) is 34.0. The summed E-state index contributed by atoms with van der Waals surface area (Å²) >= 11 is 0. The van der Waals surface area contributed by atoms with Crippen LogP contribution in [0.5, 0.6) is 0 Å². The van der Waals surface area contributed by atoms with Crippen molar-refractivity contribution in [2.45, 2.75) is 122 Å². The molecule has 10 nitrogen and oxygen atoms in total. The molecule has 3 heterocycles. The maximum absolute atomic E-state index is 12.7. The summed E-state index contributed by atoms with van der Waals surface area (Å²) in [6, 6.07) is -0.120. The van der Waals surface area contributed by atoms with Gasteiger partial charge in [0.15, 0.2) is 0 Å². The Morgan fingerprint density at radius 1 is 1.14 bits per heavy atom. The fourth-order valence-corrected chi connectivity index (χ4v) is 5.79. The van der Waals surface area contributed by atoms with Crippen LogP contribution in [0.4, 0.5) is 0 Å². The number of nitrogens with one attached hydrogen (secondary N) is 1. The maximum atomic E-state index is 12.7. The molecule has 236 valence electrons. The van der Waals surface area contributed by atoms with Gasteiger partial charge in [0.1, 0.15) is 23.9 Å². The van der Waals surface area contributed by atoms with Crippen molar-refractivity contribution in [3.63, 3.8) is 0 Å². The van der Waals surface area contributed by atoms with Crippen LogP contribution in [0.25, 0.3) is 0 Å². The Morgan fingerprint density at radius 3 is 2.45 bits per heavy atom. The Kier molecular flexibility index (Phi) is 12.4. The molecule has 2 amide bonds. The van der Waals surface area contributed by atoms with E-state index in [9.17, 15) is 19.5 Å². The average molecular weight is 591 g/mol. The Hall–Kier alpha value is -2.53. The first-order valence-corrected chi connectivity index (χ1v) is 15.3. The number of hydrogen-bond acceptors (Lipinski definition) is 8. The lowest BCUT2D eigenvalue weighted by Gasteiger charge is -2.39. The minimum absolute atomic E-state index is 0.00570. The Labute approximate surface area is 250 Å². The molecule has 3 saturated heterocycles. The third kappa shape index (κ3) is 9.49. The first-order valence-electron chi connectivity index (χ1n) is 15.3. The van der Waals surface area contributed by atoms with Crippen LogP contribution in [0.3, 0.4) is 0 Å². The van der Waals surface area contributed by atoms with Gasteiger partial charge >= 0.3 is 5.97 Å². The topological polar surface area (TPSA) is 127 Å². The van der Waals surface area contributed by atoms with Gasteiger partial charge in [0.05, 0.1) is 37.4 Å². The third-order valence-corrected chi connectivity index (χ3v) is 8.44. The lowest BCUT2D eigenvalue weighted by molar-refractivity contribution is -0.151. The van der Waals surface area contributed by atoms with Gasteiger partial charge in [0.25, 0.3) is 0 Å². The van der Waals surface area contributed by atoms with Crippen LogP contribution < -0.4 is 5.32 Å². The number of epoxide rings is 1. The number of carbonyl (C=O) groups excluding carboxylic acids is 3. The summed E-state index contributed by atoms with van der Waals surface area (Å²) < 4.78 is 23.1. The molecule has 9 unspecified atom stereocenters. The van der Waals surface area contributed by atoms with Crippen LogP contribution in [0.2, 0.25) is 0 Å². The second kappa shape index (κ2) is 15.3. The summed E-state index contributed by atoms with van der Waals surface area (Å²) in [4.78, 5) is 37.9. The summed E-state index contributed by atoms with van der Waals surface area (Å²) in [5.74, 6) is -0.358. The van der Waals surface area contributed by atoms with Gasteiger partial charge in [-0.25, -0.2) is 0 Å². The van der Waals surface area contributed by atoms with E-state index in [0.29, 0.717) is 32.5 Å². The summed E-state index contributed by atoms with van der Waals surface area (Å²) in [5.41, 5.74) is 0.395. The molecule has 0 aromatic heterocycles. The highest BCUT2D eigenvalue weighted by atomic mass is 16.6. The molecule has 10 heteroatoms. The van der Waals surface area contributed by atoms with Crippen LogP contribution in [0.15, 0.2) is 36.0 Å². The van der Waals surface area contributed by atoms with Crippen LogP contribution in [0.1, 0.15) is 74.1 Å². The van der Waals surface area contributed by atoms with E-state index >= 15 is 0 Å². The summed E-state index contributed by atoms with van der Waals surface area (Å²) in [6.45, 7) is 14.8. The molecule has 42 heavy (non-hydrogen) atoms. The Bertz CT molecular complexity index is 1030. The molecule has 0 saturated carbocycles. The van der Waals surface area contributed by atoms with E-state index in [-0.39, 0.29) is 48.5 Å². The molecule has 0 aromatic rings. The van der Waals surface area contributed by atoms with Crippen molar-refractivity contribution >= 4 is 17.8 Å². The van der Waals surface area contributed by atoms with Crippen LogP contribution >= 0.6 is 0 Å². The monoisotopic (exact) mass is 590 g/mol. The molecule has 0 radical (unpaired) electrons. The number of nitrogens with zero attached hydrogens (tertiary/aromatic N) is 1. The predicted octanol–water partition coefficient (Wildman–Crippen LogP) is 3.23.